The minimum absolute atomic E-state index is 0.0107. The Morgan fingerprint density at radius 2 is 2.05 bits per heavy atom. The summed E-state index contributed by atoms with van der Waals surface area (Å²) in [6, 6.07) is -0.259. The highest BCUT2D eigenvalue weighted by molar-refractivity contribution is 5.86. The van der Waals surface area contributed by atoms with Crippen LogP contribution in [0.15, 0.2) is 0 Å². The van der Waals surface area contributed by atoms with Gasteiger partial charge in [-0.25, -0.2) is 4.79 Å². The number of nitrogens with one attached hydrogen (secondary N) is 1. The number of ether oxygens (including phenoxy) is 1. The molecule has 5 heteroatoms. The van der Waals surface area contributed by atoms with E-state index in [2.05, 4.69) is 23.9 Å². The first kappa shape index (κ1) is 16.8. The molecule has 1 rings (SSSR count). The molecule has 0 bridgehead atoms. The molecule has 1 aliphatic heterocycles. The van der Waals surface area contributed by atoms with Crippen molar-refractivity contribution in [3.8, 4) is 0 Å². The molecule has 0 aromatic rings. The highest BCUT2D eigenvalue weighted by Crippen LogP contribution is 2.27. The van der Waals surface area contributed by atoms with Crippen molar-refractivity contribution >= 4 is 12.0 Å². The fourth-order valence-corrected chi connectivity index (χ4v) is 2.94. The van der Waals surface area contributed by atoms with Gasteiger partial charge in [0.05, 0.1) is 7.11 Å². The smallest absolute Gasteiger partial charge is 0.407 e. The summed E-state index contributed by atoms with van der Waals surface area (Å²) in [7, 11) is 1.31. The summed E-state index contributed by atoms with van der Waals surface area (Å²) in [5.41, 5.74) is 0. The number of carbonyl (C=O) groups excluding carboxylic acids is 2. The minimum atomic E-state index is -0.547. The molecule has 1 fully saturated rings. The second kappa shape index (κ2) is 7.50. The van der Waals surface area contributed by atoms with E-state index in [0.717, 1.165) is 25.8 Å². The molecule has 1 heterocycles. The van der Waals surface area contributed by atoms with Gasteiger partial charge in [-0.05, 0) is 31.6 Å². The van der Waals surface area contributed by atoms with E-state index in [1.165, 1.54) is 7.11 Å². The van der Waals surface area contributed by atoms with Crippen LogP contribution in [0.3, 0.4) is 0 Å². The lowest BCUT2D eigenvalue weighted by molar-refractivity contribution is -0.135. The second-order valence-electron chi connectivity index (χ2n) is 6.09. The van der Waals surface area contributed by atoms with Crippen LogP contribution in [0.5, 0.6) is 0 Å². The second-order valence-corrected chi connectivity index (χ2v) is 6.09. The van der Waals surface area contributed by atoms with E-state index in [1.807, 2.05) is 18.7 Å². The maximum absolute atomic E-state index is 12.7. The van der Waals surface area contributed by atoms with Crippen LogP contribution in [0.4, 0.5) is 4.79 Å². The van der Waals surface area contributed by atoms with Gasteiger partial charge < -0.3 is 15.0 Å². The van der Waals surface area contributed by atoms with E-state index in [9.17, 15) is 9.59 Å². The molecule has 116 valence electrons. The van der Waals surface area contributed by atoms with Gasteiger partial charge in [-0.1, -0.05) is 27.2 Å². The third-order valence-electron chi connectivity index (χ3n) is 4.03. The summed E-state index contributed by atoms with van der Waals surface area (Å²) in [6.45, 7) is 8.93. The summed E-state index contributed by atoms with van der Waals surface area (Å²) in [4.78, 5) is 26.0. The zero-order chi connectivity index (χ0) is 15.3. The summed E-state index contributed by atoms with van der Waals surface area (Å²) in [6.07, 6.45) is 2.81. The predicted octanol–water partition coefficient (Wildman–Crippen LogP) is 2.40. The van der Waals surface area contributed by atoms with E-state index in [0.29, 0.717) is 5.92 Å². The van der Waals surface area contributed by atoms with Crippen LogP contribution in [-0.4, -0.2) is 42.6 Å². The highest BCUT2D eigenvalue weighted by Gasteiger charge is 2.36. The predicted molar refractivity (Wildman–Crippen MR) is 78.4 cm³/mol. The zero-order valence-corrected chi connectivity index (χ0v) is 13.3. The number of amides is 2. The van der Waals surface area contributed by atoms with Gasteiger partial charge in [0.15, 0.2) is 0 Å². The Morgan fingerprint density at radius 3 is 2.55 bits per heavy atom. The average Bonchev–Trinajstić information content (AvgIpc) is 2.76. The largest absolute Gasteiger partial charge is 0.453 e. The topological polar surface area (TPSA) is 58.6 Å². The number of nitrogens with zero attached hydrogens (tertiary/aromatic N) is 1. The van der Waals surface area contributed by atoms with E-state index >= 15 is 0 Å². The lowest BCUT2D eigenvalue weighted by Crippen LogP contribution is -2.52. The van der Waals surface area contributed by atoms with Crippen LogP contribution in [0.2, 0.25) is 0 Å². The SMILES string of the molecule is CCCC1CC(C)N(C(=O)[C@@H](NC(=O)OC)C(C)C)C1. The molecule has 20 heavy (non-hydrogen) atoms. The Hall–Kier alpha value is -1.26. The van der Waals surface area contributed by atoms with Gasteiger partial charge in [0.1, 0.15) is 6.04 Å². The van der Waals surface area contributed by atoms with Crippen molar-refractivity contribution in [2.75, 3.05) is 13.7 Å². The van der Waals surface area contributed by atoms with Crippen LogP contribution in [0.25, 0.3) is 0 Å². The van der Waals surface area contributed by atoms with Gasteiger partial charge in [-0.15, -0.1) is 0 Å². The van der Waals surface area contributed by atoms with Gasteiger partial charge >= 0.3 is 6.09 Å². The summed E-state index contributed by atoms with van der Waals surface area (Å²) >= 11 is 0. The number of methoxy groups -OCH3 is 1. The zero-order valence-electron chi connectivity index (χ0n) is 13.3. The van der Waals surface area contributed by atoms with Gasteiger partial charge in [-0.2, -0.15) is 0 Å². The van der Waals surface area contributed by atoms with Crippen LogP contribution >= 0.6 is 0 Å². The molecular formula is C15H28N2O3. The molecule has 2 amide bonds. The van der Waals surface area contributed by atoms with E-state index < -0.39 is 12.1 Å². The van der Waals surface area contributed by atoms with E-state index in [4.69, 9.17) is 0 Å². The number of rotatable bonds is 5. The van der Waals surface area contributed by atoms with Gasteiger partial charge in [0.2, 0.25) is 5.91 Å². The van der Waals surface area contributed by atoms with E-state index in [1.54, 1.807) is 0 Å². The first-order valence-corrected chi connectivity index (χ1v) is 7.55. The maximum atomic E-state index is 12.7. The van der Waals surface area contributed by atoms with Crippen molar-refractivity contribution in [3.05, 3.63) is 0 Å². The molecule has 0 aliphatic carbocycles. The molecule has 1 aliphatic rings. The number of hydrogen-bond donors (Lipinski definition) is 1. The van der Waals surface area contributed by atoms with Crippen molar-refractivity contribution in [2.24, 2.45) is 11.8 Å². The van der Waals surface area contributed by atoms with Crippen LogP contribution in [-0.2, 0) is 9.53 Å². The van der Waals surface area contributed by atoms with Crippen LogP contribution in [0.1, 0.15) is 47.0 Å². The Balaban J connectivity index is 2.72. The molecule has 1 saturated heterocycles. The molecule has 1 N–H and O–H groups in total. The first-order valence-electron chi connectivity index (χ1n) is 7.55. The third kappa shape index (κ3) is 4.12. The molecule has 0 aromatic heterocycles. The van der Waals surface area contributed by atoms with Crippen molar-refractivity contribution in [2.45, 2.75) is 59.0 Å². The molecule has 0 spiro atoms. The van der Waals surface area contributed by atoms with Crippen molar-refractivity contribution in [1.82, 2.24) is 10.2 Å². The number of likely N-dealkylation sites (tertiary alicyclic amines) is 1. The molecule has 0 saturated carbocycles. The maximum Gasteiger partial charge on any atom is 0.407 e. The normalized spacial score (nSPS) is 23.8. The molecule has 0 radical (unpaired) electrons. The molecule has 2 unspecified atom stereocenters. The van der Waals surface area contributed by atoms with Crippen LogP contribution < -0.4 is 5.32 Å². The Morgan fingerprint density at radius 1 is 1.40 bits per heavy atom. The van der Waals surface area contributed by atoms with Gasteiger partial charge in [0, 0.05) is 12.6 Å². The Bertz CT molecular complexity index is 344. The van der Waals surface area contributed by atoms with Crippen molar-refractivity contribution < 1.29 is 14.3 Å². The Kier molecular flexibility index (Phi) is 6.30. The fraction of sp³-hybridized carbons (Fsp3) is 0.867. The van der Waals surface area contributed by atoms with Crippen molar-refractivity contribution in [3.63, 3.8) is 0 Å². The first-order chi connectivity index (χ1) is 9.40. The van der Waals surface area contributed by atoms with Gasteiger partial charge in [-0.3, -0.25) is 4.79 Å². The molecule has 5 nitrogen and oxygen atoms in total. The summed E-state index contributed by atoms with van der Waals surface area (Å²) < 4.78 is 4.61. The Labute approximate surface area is 122 Å². The summed E-state index contributed by atoms with van der Waals surface area (Å²) in [5.74, 6) is 0.639. The quantitative estimate of drug-likeness (QED) is 0.843. The lowest BCUT2D eigenvalue weighted by Gasteiger charge is -2.29. The van der Waals surface area contributed by atoms with E-state index in [-0.39, 0.29) is 17.9 Å². The molecule has 3 atom stereocenters. The van der Waals surface area contributed by atoms with Crippen molar-refractivity contribution in [1.29, 1.82) is 0 Å². The highest BCUT2D eigenvalue weighted by atomic mass is 16.5. The minimum Gasteiger partial charge on any atom is -0.453 e. The number of hydrogen-bond acceptors (Lipinski definition) is 3. The fourth-order valence-electron chi connectivity index (χ4n) is 2.94. The number of alkyl carbamates (subject to hydrolysis) is 1. The lowest BCUT2D eigenvalue weighted by atomic mass is 10.0. The van der Waals surface area contributed by atoms with Crippen LogP contribution in [0, 0.1) is 11.8 Å². The summed E-state index contributed by atoms with van der Waals surface area (Å²) in [5, 5.41) is 2.66. The molecular weight excluding hydrogens is 256 g/mol. The third-order valence-corrected chi connectivity index (χ3v) is 4.03. The average molecular weight is 284 g/mol. The standard InChI is InChI=1S/C15H28N2O3/c1-6-7-12-8-11(4)17(9-12)14(18)13(10(2)3)16-15(19)20-5/h10-13H,6-9H2,1-5H3,(H,16,19)/t11?,12?,13-/m0/s1. The monoisotopic (exact) mass is 284 g/mol. The molecule has 0 aromatic carbocycles. The number of carbonyl (C=O) groups is 2. The van der Waals surface area contributed by atoms with Gasteiger partial charge in [0.25, 0.3) is 0 Å².